The maximum atomic E-state index is 14.6. The Bertz CT molecular complexity index is 1140. The molecular weight excluding hydrogens is 435 g/mol. The van der Waals surface area contributed by atoms with Crippen molar-refractivity contribution in [2.24, 2.45) is 0 Å². The number of nitrogens with zero attached hydrogens (tertiary/aromatic N) is 3. The van der Waals surface area contributed by atoms with Gasteiger partial charge in [0.25, 0.3) is 15.9 Å². The quantitative estimate of drug-likeness (QED) is 0.591. The molecule has 0 saturated heterocycles. The van der Waals surface area contributed by atoms with Gasteiger partial charge in [0, 0.05) is 37.2 Å². The molecule has 1 saturated carbocycles. The molecule has 2 unspecified atom stereocenters. The summed E-state index contributed by atoms with van der Waals surface area (Å²) in [4.78, 5) is 6.78. The summed E-state index contributed by atoms with van der Waals surface area (Å²) in [7, 11) is -4.26. The molecule has 0 spiro atoms. The van der Waals surface area contributed by atoms with Gasteiger partial charge in [-0.1, -0.05) is 0 Å². The minimum Gasteiger partial charge on any atom is -0.489 e. The number of rotatable bonds is 6. The van der Waals surface area contributed by atoms with Crippen LogP contribution in [0.2, 0.25) is 0 Å². The number of anilines is 1. The molecule has 2 atom stereocenters. The van der Waals surface area contributed by atoms with Crippen LogP contribution in [0.1, 0.15) is 30.7 Å². The van der Waals surface area contributed by atoms with Gasteiger partial charge in [-0.05, 0) is 30.2 Å². The van der Waals surface area contributed by atoms with E-state index in [1.165, 1.54) is 18.3 Å². The van der Waals surface area contributed by atoms with Gasteiger partial charge >= 0.3 is 0 Å². The molecular formula is C19H18F3N5O3S. The maximum absolute atomic E-state index is 14.6. The van der Waals surface area contributed by atoms with Crippen molar-refractivity contribution in [3.05, 3.63) is 60.6 Å². The molecule has 2 heterocycles. The Kier molecular flexibility index (Phi) is 5.56. The van der Waals surface area contributed by atoms with Crippen molar-refractivity contribution in [2.45, 2.75) is 42.1 Å². The second kappa shape index (κ2) is 8.17. The van der Waals surface area contributed by atoms with E-state index in [2.05, 4.69) is 24.9 Å². The molecule has 12 heteroatoms. The van der Waals surface area contributed by atoms with Crippen molar-refractivity contribution in [3.63, 3.8) is 0 Å². The molecule has 2 N–H and O–H groups in total. The highest BCUT2D eigenvalue weighted by Crippen LogP contribution is 2.42. The zero-order chi connectivity index (χ0) is 22.1. The molecule has 1 aliphatic carbocycles. The van der Waals surface area contributed by atoms with Crippen molar-refractivity contribution < 1.29 is 26.3 Å². The molecule has 1 aliphatic rings. The first-order valence-corrected chi connectivity index (χ1v) is 10.8. The standard InChI is InChI=1S/C19H18F3N5O3S/c20-15-7-13(1-2-17(15)31(28,29)27-18-4-6-23-11-24-18)30-16-8-19(21,22)5-3-14(16)12-9-25-26-10-12/h1-2,4,6-7,9-11,14,16H,3,5,8H2,(H,25,26)(H,23,24,27). The van der Waals surface area contributed by atoms with E-state index in [0.717, 1.165) is 18.5 Å². The van der Waals surface area contributed by atoms with Crippen LogP contribution in [0.4, 0.5) is 19.0 Å². The molecule has 0 aliphatic heterocycles. The molecule has 8 nitrogen and oxygen atoms in total. The SMILES string of the molecule is O=S(=O)(Nc1ccncn1)c1ccc(OC2CC(F)(F)CCC2c2cn[nH]c2)cc1F. The van der Waals surface area contributed by atoms with Gasteiger partial charge in [0.1, 0.15) is 34.7 Å². The number of alkyl halides is 2. The molecule has 164 valence electrons. The second-order valence-electron chi connectivity index (χ2n) is 7.19. The number of ether oxygens (including phenoxy) is 1. The van der Waals surface area contributed by atoms with Crippen molar-refractivity contribution in [1.29, 1.82) is 0 Å². The lowest BCUT2D eigenvalue weighted by molar-refractivity contribution is -0.0773. The lowest BCUT2D eigenvalue weighted by atomic mass is 9.81. The number of nitrogens with one attached hydrogen (secondary N) is 2. The molecule has 1 aromatic carbocycles. The minimum absolute atomic E-state index is 0.0258. The van der Waals surface area contributed by atoms with Gasteiger partial charge in [-0.25, -0.2) is 31.6 Å². The molecule has 0 radical (unpaired) electrons. The largest absolute Gasteiger partial charge is 0.489 e. The number of hydrogen-bond donors (Lipinski definition) is 2. The van der Waals surface area contributed by atoms with Crippen molar-refractivity contribution in [1.82, 2.24) is 20.2 Å². The molecule has 0 amide bonds. The lowest BCUT2D eigenvalue weighted by Gasteiger charge is -2.35. The summed E-state index contributed by atoms with van der Waals surface area (Å²) in [5, 5.41) is 6.50. The predicted octanol–water partition coefficient (Wildman–Crippen LogP) is 3.49. The third-order valence-electron chi connectivity index (χ3n) is 5.02. The smallest absolute Gasteiger partial charge is 0.265 e. The number of benzene rings is 1. The topological polar surface area (TPSA) is 110 Å². The van der Waals surface area contributed by atoms with Crippen LogP contribution in [0.3, 0.4) is 0 Å². The van der Waals surface area contributed by atoms with E-state index in [-0.39, 0.29) is 30.3 Å². The van der Waals surface area contributed by atoms with Crippen molar-refractivity contribution in [2.75, 3.05) is 4.72 Å². The Morgan fingerprint density at radius 3 is 2.77 bits per heavy atom. The summed E-state index contributed by atoms with van der Waals surface area (Å²) >= 11 is 0. The molecule has 2 aromatic heterocycles. The highest BCUT2D eigenvalue weighted by Gasteiger charge is 2.43. The fraction of sp³-hybridized carbons (Fsp3) is 0.316. The molecule has 31 heavy (non-hydrogen) atoms. The summed E-state index contributed by atoms with van der Waals surface area (Å²) in [5.74, 6) is -4.42. The molecule has 0 bridgehead atoms. The zero-order valence-corrected chi connectivity index (χ0v) is 16.8. The summed E-state index contributed by atoms with van der Waals surface area (Å²) in [6.07, 6.45) is 4.04. The number of halogens is 3. The maximum Gasteiger partial charge on any atom is 0.265 e. The predicted molar refractivity (Wildman–Crippen MR) is 104 cm³/mol. The summed E-state index contributed by atoms with van der Waals surface area (Å²) in [5.41, 5.74) is 0.717. The highest BCUT2D eigenvalue weighted by atomic mass is 32.2. The number of H-pyrrole nitrogens is 1. The van der Waals surface area contributed by atoms with Gasteiger partial charge < -0.3 is 4.74 Å². The fourth-order valence-electron chi connectivity index (χ4n) is 3.55. The van der Waals surface area contributed by atoms with Crippen molar-refractivity contribution >= 4 is 15.8 Å². The Hall–Kier alpha value is -3.15. The summed E-state index contributed by atoms with van der Waals surface area (Å²) in [6, 6.07) is 4.43. The van der Waals surface area contributed by atoms with E-state index in [0.29, 0.717) is 5.56 Å². The van der Waals surface area contributed by atoms with Gasteiger partial charge in [-0.3, -0.25) is 9.82 Å². The lowest BCUT2D eigenvalue weighted by Crippen LogP contribution is -2.38. The normalized spacial score (nSPS) is 20.9. The van der Waals surface area contributed by atoms with E-state index in [9.17, 15) is 21.6 Å². The van der Waals surface area contributed by atoms with E-state index < -0.39 is 39.2 Å². The van der Waals surface area contributed by atoms with E-state index in [1.807, 2.05) is 0 Å². The number of sulfonamides is 1. The molecule has 1 fully saturated rings. The number of aromatic nitrogens is 4. The van der Waals surface area contributed by atoms with Crippen LogP contribution in [0.25, 0.3) is 0 Å². The Morgan fingerprint density at radius 2 is 2.10 bits per heavy atom. The van der Waals surface area contributed by atoms with Gasteiger partial charge in [0.15, 0.2) is 0 Å². The molecule has 3 aromatic rings. The van der Waals surface area contributed by atoms with Gasteiger partial charge in [0.2, 0.25) is 0 Å². The number of aromatic amines is 1. The fourth-order valence-corrected chi connectivity index (χ4v) is 4.62. The summed E-state index contributed by atoms with van der Waals surface area (Å²) < 4.78 is 75.4. The van der Waals surface area contributed by atoms with Crippen LogP contribution < -0.4 is 9.46 Å². The average Bonchev–Trinajstić information content (AvgIpc) is 3.22. The average molecular weight is 453 g/mol. The second-order valence-corrected chi connectivity index (χ2v) is 8.84. The first-order chi connectivity index (χ1) is 14.7. The number of hydrogen-bond acceptors (Lipinski definition) is 6. The Morgan fingerprint density at radius 1 is 1.26 bits per heavy atom. The minimum atomic E-state index is -4.26. The Labute approximate surface area is 175 Å². The van der Waals surface area contributed by atoms with Crippen LogP contribution in [0.15, 0.2) is 54.1 Å². The highest BCUT2D eigenvalue weighted by molar-refractivity contribution is 7.92. The van der Waals surface area contributed by atoms with Gasteiger partial charge in [-0.15, -0.1) is 0 Å². The molecule has 4 rings (SSSR count). The van der Waals surface area contributed by atoms with E-state index in [4.69, 9.17) is 4.74 Å². The van der Waals surface area contributed by atoms with Crippen LogP contribution in [-0.4, -0.2) is 40.6 Å². The third-order valence-corrected chi connectivity index (χ3v) is 6.41. The first-order valence-electron chi connectivity index (χ1n) is 9.35. The van der Waals surface area contributed by atoms with E-state index in [1.54, 1.807) is 12.4 Å². The van der Waals surface area contributed by atoms with E-state index >= 15 is 0 Å². The Balaban J connectivity index is 1.55. The van der Waals surface area contributed by atoms with Crippen LogP contribution in [0.5, 0.6) is 5.75 Å². The van der Waals surface area contributed by atoms with Crippen LogP contribution in [0, 0.1) is 5.82 Å². The monoisotopic (exact) mass is 453 g/mol. The first kappa shape index (κ1) is 21.1. The van der Waals surface area contributed by atoms with Gasteiger partial charge in [0.05, 0.1) is 6.20 Å². The van der Waals surface area contributed by atoms with Crippen LogP contribution >= 0.6 is 0 Å². The van der Waals surface area contributed by atoms with Gasteiger partial charge in [-0.2, -0.15) is 5.10 Å². The zero-order valence-electron chi connectivity index (χ0n) is 16.0. The van der Waals surface area contributed by atoms with Crippen molar-refractivity contribution in [3.8, 4) is 5.75 Å². The summed E-state index contributed by atoms with van der Waals surface area (Å²) in [6.45, 7) is 0. The third kappa shape index (κ3) is 4.79. The van der Waals surface area contributed by atoms with Crippen LogP contribution in [-0.2, 0) is 10.0 Å².